The van der Waals surface area contributed by atoms with Crippen molar-refractivity contribution < 1.29 is 13.9 Å². The molecular weight excluding hydrogens is 400 g/mol. The summed E-state index contributed by atoms with van der Waals surface area (Å²) in [6.07, 6.45) is 0.245. The molecule has 1 heterocycles. The van der Waals surface area contributed by atoms with E-state index in [4.69, 9.17) is 26.0 Å². The van der Waals surface area contributed by atoms with E-state index in [9.17, 15) is 4.79 Å². The Morgan fingerprint density at radius 1 is 1.32 bits per heavy atom. The average Bonchev–Trinajstić information content (AvgIpc) is 3.17. The highest BCUT2D eigenvalue weighted by Crippen LogP contribution is 2.30. The van der Waals surface area contributed by atoms with Crippen molar-refractivity contribution in [2.24, 2.45) is 0 Å². The molecule has 1 amide bonds. The maximum atomic E-state index is 12.1. The molecule has 0 radical (unpaired) electrons. The van der Waals surface area contributed by atoms with E-state index in [1.54, 1.807) is 25.3 Å². The van der Waals surface area contributed by atoms with Crippen LogP contribution >= 0.6 is 23.4 Å². The third-order valence-electron chi connectivity index (χ3n) is 3.67. The van der Waals surface area contributed by atoms with Crippen molar-refractivity contribution in [3.05, 3.63) is 53.1 Å². The minimum atomic E-state index is -0.183. The fourth-order valence-corrected chi connectivity index (χ4v) is 3.26. The topological polar surface area (TPSA) is 101 Å². The molecule has 28 heavy (non-hydrogen) atoms. The number of amides is 1. The lowest BCUT2D eigenvalue weighted by atomic mass is 10.2. The van der Waals surface area contributed by atoms with Crippen LogP contribution in [0.25, 0.3) is 11.5 Å². The van der Waals surface area contributed by atoms with E-state index in [1.165, 1.54) is 11.8 Å². The van der Waals surface area contributed by atoms with Crippen LogP contribution in [0.1, 0.15) is 12.0 Å². The van der Waals surface area contributed by atoms with Gasteiger partial charge in [0.15, 0.2) is 0 Å². The second-order valence-corrected chi connectivity index (χ2v) is 6.98. The number of carbonyl (C=O) groups excluding carboxylic acids is 1. The monoisotopic (exact) mass is 414 g/mol. The second kappa shape index (κ2) is 9.26. The molecule has 0 spiro atoms. The molecule has 2 aromatic carbocycles. The van der Waals surface area contributed by atoms with E-state index in [1.807, 2.05) is 30.3 Å². The van der Waals surface area contributed by atoms with E-state index < -0.39 is 0 Å². The Kier molecular flexibility index (Phi) is 6.53. The van der Waals surface area contributed by atoms with E-state index in [0.717, 1.165) is 0 Å². The molecule has 142 valence electrons. The third kappa shape index (κ3) is 4.82. The van der Waals surface area contributed by atoms with Crippen molar-refractivity contribution in [2.75, 3.05) is 18.2 Å². The summed E-state index contributed by atoms with van der Waals surface area (Å²) >= 11 is 7.24. The van der Waals surface area contributed by atoms with Gasteiger partial charge in [-0.3, -0.25) is 4.79 Å². The molecule has 0 bridgehead atoms. The number of ether oxygens (including phenoxy) is 1. The maximum absolute atomic E-state index is 12.1. The third-order valence-corrected chi connectivity index (χ3v) is 4.80. The molecule has 0 aliphatic rings. The van der Waals surface area contributed by atoms with Gasteiger partial charge in [0.1, 0.15) is 11.8 Å². The molecule has 0 aliphatic carbocycles. The number of rotatable bonds is 7. The minimum absolute atomic E-state index is 0.183. The second-order valence-electron chi connectivity index (χ2n) is 5.53. The molecule has 0 fully saturated rings. The Balaban J connectivity index is 1.53. The van der Waals surface area contributed by atoms with Crippen molar-refractivity contribution in [1.29, 1.82) is 5.26 Å². The number of hydrogen-bond donors (Lipinski definition) is 1. The molecule has 0 atom stereocenters. The fraction of sp³-hybridized carbons (Fsp3) is 0.158. The smallest absolute Gasteiger partial charge is 0.276 e. The van der Waals surface area contributed by atoms with Gasteiger partial charge in [-0.2, -0.15) is 5.26 Å². The zero-order valence-electron chi connectivity index (χ0n) is 14.8. The number of nitriles is 1. The number of nitrogens with zero attached hydrogens (tertiary/aromatic N) is 3. The predicted octanol–water partition coefficient (Wildman–Crippen LogP) is 4.39. The zero-order valence-corrected chi connectivity index (χ0v) is 16.4. The van der Waals surface area contributed by atoms with Crippen molar-refractivity contribution in [3.8, 4) is 23.3 Å². The van der Waals surface area contributed by atoms with Crippen molar-refractivity contribution in [2.45, 2.75) is 11.6 Å². The molecule has 0 unspecified atom stereocenters. The van der Waals surface area contributed by atoms with E-state index in [-0.39, 0.29) is 12.3 Å². The number of nitrogens with one attached hydrogen (secondary N) is 1. The van der Waals surface area contributed by atoms with E-state index in [2.05, 4.69) is 15.5 Å². The van der Waals surface area contributed by atoms with Gasteiger partial charge >= 0.3 is 0 Å². The number of carbonyl (C=O) groups is 1. The Labute approximate surface area is 170 Å². The van der Waals surface area contributed by atoms with E-state index >= 15 is 0 Å². The Morgan fingerprint density at radius 2 is 2.14 bits per heavy atom. The first-order valence-electron chi connectivity index (χ1n) is 8.20. The largest absolute Gasteiger partial charge is 0.496 e. The highest BCUT2D eigenvalue weighted by molar-refractivity contribution is 7.99. The number of halogens is 1. The first-order valence-corrected chi connectivity index (χ1v) is 9.56. The standard InChI is InChI=1S/C19H15ClN4O3S/c1-26-16-5-3-2-4-14(16)18-23-24-19(27-18)28-9-8-17(25)22-13-7-6-12(11-21)15(20)10-13/h2-7,10H,8-9H2,1H3,(H,22,25). The van der Waals surface area contributed by atoms with Gasteiger partial charge in [-0.1, -0.05) is 35.5 Å². The molecule has 9 heteroatoms. The van der Waals surface area contributed by atoms with Crippen LogP contribution in [-0.4, -0.2) is 29.0 Å². The molecule has 1 aromatic heterocycles. The summed E-state index contributed by atoms with van der Waals surface area (Å²) in [4.78, 5) is 12.1. The predicted molar refractivity (Wildman–Crippen MR) is 106 cm³/mol. The van der Waals surface area contributed by atoms with Crippen molar-refractivity contribution >= 4 is 35.0 Å². The molecule has 0 saturated heterocycles. The van der Waals surface area contributed by atoms with Gasteiger partial charge in [0.2, 0.25) is 5.91 Å². The Morgan fingerprint density at radius 3 is 2.89 bits per heavy atom. The van der Waals surface area contributed by atoms with Crippen LogP contribution in [-0.2, 0) is 4.79 Å². The van der Waals surface area contributed by atoms with Gasteiger partial charge < -0.3 is 14.5 Å². The summed E-state index contributed by atoms with van der Waals surface area (Å²) in [5.74, 6) is 1.28. The van der Waals surface area contributed by atoms with Gasteiger partial charge in [-0.05, 0) is 30.3 Å². The molecule has 3 aromatic rings. The Bertz CT molecular complexity index is 1030. The van der Waals surface area contributed by atoms with Crippen molar-refractivity contribution in [1.82, 2.24) is 10.2 Å². The zero-order chi connectivity index (χ0) is 19.9. The summed E-state index contributed by atoms with van der Waals surface area (Å²) in [5, 5.41) is 20.3. The van der Waals surface area contributed by atoms with E-state index in [0.29, 0.717) is 44.5 Å². The average molecular weight is 415 g/mol. The molecule has 7 nitrogen and oxygen atoms in total. The van der Waals surface area contributed by atoms with Gasteiger partial charge in [-0.15, -0.1) is 10.2 Å². The fourth-order valence-electron chi connectivity index (χ4n) is 2.34. The molecule has 0 saturated carbocycles. The maximum Gasteiger partial charge on any atom is 0.276 e. The molecule has 0 aliphatic heterocycles. The molecule has 1 N–H and O–H groups in total. The summed E-state index contributed by atoms with van der Waals surface area (Å²) in [7, 11) is 1.57. The van der Waals surface area contributed by atoms with Gasteiger partial charge in [-0.25, -0.2) is 0 Å². The lowest BCUT2D eigenvalue weighted by molar-refractivity contribution is -0.115. The summed E-state index contributed by atoms with van der Waals surface area (Å²) in [6.45, 7) is 0. The highest BCUT2D eigenvalue weighted by Gasteiger charge is 2.14. The first-order chi connectivity index (χ1) is 13.6. The number of anilines is 1. The number of thioether (sulfide) groups is 1. The number of benzene rings is 2. The van der Waals surface area contributed by atoms with Gasteiger partial charge in [0, 0.05) is 17.9 Å². The summed E-state index contributed by atoms with van der Waals surface area (Å²) in [6, 6.07) is 14.1. The Hall–Kier alpha value is -3.02. The lowest BCUT2D eigenvalue weighted by Gasteiger charge is -2.05. The van der Waals surface area contributed by atoms with Crippen LogP contribution in [0, 0.1) is 11.3 Å². The van der Waals surface area contributed by atoms with Crippen LogP contribution in [0.4, 0.5) is 5.69 Å². The highest BCUT2D eigenvalue weighted by atomic mass is 35.5. The van der Waals surface area contributed by atoms with Crippen LogP contribution < -0.4 is 10.1 Å². The summed E-state index contributed by atoms with van der Waals surface area (Å²) < 4.78 is 10.9. The van der Waals surface area contributed by atoms with Crippen LogP contribution in [0.2, 0.25) is 5.02 Å². The lowest BCUT2D eigenvalue weighted by Crippen LogP contribution is -2.12. The normalized spacial score (nSPS) is 10.3. The first kappa shape index (κ1) is 19.7. The summed E-state index contributed by atoms with van der Waals surface area (Å²) in [5.41, 5.74) is 1.60. The SMILES string of the molecule is COc1ccccc1-c1nnc(SCCC(=O)Nc2ccc(C#N)c(Cl)c2)o1. The quantitative estimate of drug-likeness (QED) is 0.572. The number of para-hydroxylation sites is 1. The van der Waals surface area contributed by atoms with Gasteiger partial charge in [0.05, 0.1) is 23.3 Å². The number of aromatic nitrogens is 2. The number of hydrogen-bond acceptors (Lipinski definition) is 7. The van der Waals surface area contributed by atoms with Crippen molar-refractivity contribution in [3.63, 3.8) is 0 Å². The number of methoxy groups -OCH3 is 1. The van der Waals surface area contributed by atoms with Crippen LogP contribution in [0.15, 0.2) is 52.1 Å². The van der Waals surface area contributed by atoms with Gasteiger partial charge in [0.25, 0.3) is 11.1 Å². The van der Waals surface area contributed by atoms with Crippen LogP contribution in [0.3, 0.4) is 0 Å². The minimum Gasteiger partial charge on any atom is -0.496 e. The molecular formula is C19H15ClN4O3S. The van der Waals surface area contributed by atoms with Crippen LogP contribution in [0.5, 0.6) is 5.75 Å². The molecule has 3 rings (SSSR count).